The summed E-state index contributed by atoms with van der Waals surface area (Å²) in [6.07, 6.45) is 3.84. The Labute approximate surface area is 195 Å². The Morgan fingerprint density at radius 1 is 0.969 bits per heavy atom. The number of hydrogen-bond donors (Lipinski definition) is 1. The van der Waals surface area contributed by atoms with Crippen LogP contribution in [-0.2, 0) is 9.22 Å². The van der Waals surface area contributed by atoms with E-state index in [1.165, 1.54) is 10.4 Å². The summed E-state index contributed by atoms with van der Waals surface area (Å²) in [5.41, 5.74) is 0. The van der Waals surface area contributed by atoms with E-state index in [2.05, 4.69) is 88.1 Å². The minimum absolute atomic E-state index is 0.0704. The van der Waals surface area contributed by atoms with E-state index in [0.29, 0.717) is 25.9 Å². The van der Waals surface area contributed by atoms with Crippen LogP contribution in [0.2, 0.25) is 5.04 Å². The fourth-order valence-corrected chi connectivity index (χ4v) is 8.70. The second-order valence-corrected chi connectivity index (χ2v) is 13.6. The number of carbonyl (C=O) groups excluding carboxylic acids is 1. The molecule has 0 amide bonds. The van der Waals surface area contributed by atoms with E-state index >= 15 is 0 Å². The van der Waals surface area contributed by atoms with Gasteiger partial charge in [0.05, 0.1) is 0 Å². The van der Waals surface area contributed by atoms with Crippen molar-refractivity contribution in [2.24, 2.45) is 0 Å². The van der Waals surface area contributed by atoms with Gasteiger partial charge in [-0.3, -0.25) is 4.79 Å². The summed E-state index contributed by atoms with van der Waals surface area (Å²) < 4.78 is 6.82. The monoisotopic (exact) mass is 450 g/mol. The minimum Gasteiger partial charge on any atom is -0.407 e. The highest BCUT2D eigenvalue weighted by Gasteiger charge is 2.49. The first-order valence-corrected chi connectivity index (χ1v) is 13.7. The van der Waals surface area contributed by atoms with Gasteiger partial charge in [-0.1, -0.05) is 107 Å². The van der Waals surface area contributed by atoms with E-state index in [0.717, 1.165) is 19.3 Å². The van der Waals surface area contributed by atoms with Crippen LogP contribution < -0.4 is 10.4 Å². The van der Waals surface area contributed by atoms with Crippen LogP contribution in [0.15, 0.2) is 60.7 Å². The van der Waals surface area contributed by atoms with Crippen LogP contribution in [0.25, 0.3) is 0 Å². The van der Waals surface area contributed by atoms with Crippen molar-refractivity contribution >= 4 is 24.5 Å². The van der Waals surface area contributed by atoms with E-state index < -0.39 is 14.4 Å². The van der Waals surface area contributed by atoms with E-state index in [1.807, 2.05) is 12.1 Å². The van der Waals surface area contributed by atoms with Crippen molar-refractivity contribution in [3.05, 3.63) is 60.7 Å². The number of aliphatic hydroxyl groups is 1. The van der Waals surface area contributed by atoms with E-state index in [1.54, 1.807) is 0 Å². The minimum atomic E-state index is -2.55. The lowest BCUT2D eigenvalue weighted by Gasteiger charge is -2.43. The summed E-state index contributed by atoms with van der Waals surface area (Å²) in [7, 11) is -2.55. The average Bonchev–Trinajstić information content (AvgIpc) is 2.78. The molecule has 0 saturated heterocycles. The molecule has 0 aromatic heterocycles. The van der Waals surface area contributed by atoms with Gasteiger partial charge in [0.2, 0.25) is 5.78 Å². The molecule has 2 aromatic carbocycles. The molecule has 3 nitrogen and oxygen atoms in total. The second-order valence-electron chi connectivity index (χ2n) is 9.32. The first-order valence-electron chi connectivity index (χ1n) is 11.8. The molecule has 0 aliphatic carbocycles. The maximum Gasteiger partial charge on any atom is 0.261 e. The van der Waals surface area contributed by atoms with Crippen LogP contribution in [-0.4, -0.2) is 31.9 Å². The summed E-state index contributed by atoms with van der Waals surface area (Å²) in [5, 5.41) is 12.6. The van der Waals surface area contributed by atoms with Crippen molar-refractivity contribution in [3.8, 4) is 11.8 Å². The van der Waals surface area contributed by atoms with Crippen LogP contribution in [0.3, 0.4) is 0 Å². The molecule has 172 valence electrons. The summed E-state index contributed by atoms with van der Waals surface area (Å²) in [6, 6.07) is 21.1. The third kappa shape index (κ3) is 7.17. The zero-order valence-electron chi connectivity index (χ0n) is 20.1. The van der Waals surface area contributed by atoms with E-state index in [4.69, 9.17) is 4.43 Å². The van der Waals surface area contributed by atoms with Crippen molar-refractivity contribution in [2.45, 2.75) is 77.4 Å². The van der Waals surface area contributed by atoms with Crippen LogP contribution in [0.4, 0.5) is 0 Å². The lowest BCUT2D eigenvalue weighted by Crippen LogP contribution is -2.66. The maximum absolute atomic E-state index is 11.8. The van der Waals surface area contributed by atoms with Crippen molar-refractivity contribution < 1.29 is 14.3 Å². The van der Waals surface area contributed by atoms with Gasteiger partial charge >= 0.3 is 0 Å². The standard InChI is InChI=1S/C28H38O3Si/c1-5-6-9-15-24(29)21-22-25(30)16-14-23-31-32(28(2,3)4,26-17-10-7-11-18-26)27-19-12-8-13-20-27/h7-8,10-13,17-20,25,30H,5-6,9,14-16,23H2,1-4H3. The summed E-state index contributed by atoms with van der Waals surface area (Å²) >= 11 is 0. The number of benzene rings is 2. The van der Waals surface area contributed by atoms with E-state index in [-0.39, 0.29) is 10.8 Å². The first-order chi connectivity index (χ1) is 15.3. The maximum atomic E-state index is 11.8. The Bertz CT molecular complexity index is 836. The Morgan fingerprint density at radius 3 is 2.03 bits per heavy atom. The SMILES string of the molecule is CCCCCC(=O)C#CC(O)CCCO[Si](c1ccccc1)(c1ccccc1)C(C)(C)C. The molecule has 1 atom stereocenters. The number of aliphatic hydroxyl groups excluding tert-OH is 1. The number of rotatable bonds is 11. The normalized spacial score (nSPS) is 12.7. The third-order valence-electron chi connectivity index (χ3n) is 5.74. The zero-order valence-corrected chi connectivity index (χ0v) is 21.1. The van der Waals surface area contributed by atoms with Crippen LogP contribution >= 0.6 is 0 Å². The molecule has 0 aliphatic rings. The van der Waals surface area contributed by atoms with E-state index in [9.17, 15) is 9.90 Å². The summed E-state index contributed by atoms with van der Waals surface area (Å²) in [6.45, 7) is 9.41. The van der Waals surface area contributed by atoms with Crippen molar-refractivity contribution in [3.63, 3.8) is 0 Å². The third-order valence-corrected chi connectivity index (χ3v) is 10.8. The fourth-order valence-electron chi connectivity index (χ4n) is 4.10. The second kappa shape index (κ2) is 12.7. The molecule has 1 unspecified atom stereocenters. The highest BCUT2D eigenvalue weighted by molar-refractivity contribution is 6.99. The number of unbranched alkanes of at least 4 members (excludes halogenated alkanes) is 2. The lowest BCUT2D eigenvalue weighted by atomic mass is 10.1. The van der Waals surface area contributed by atoms with Gasteiger partial charge in [-0.05, 0) is 40.6 Å². The molecular weight excluding hydrogens is 412 g/mol. The molecule has 4 heteroatoms. The predicted molar refractivity (Wildman–Crippen MR) is 136 cm³/mol. The molecule has 0 saturated carbocycles. The summed E-state index contributed by atoms with van der Waals surface area (Å²) in [5.74, 6) is 5.23. The van der Waals surface area contributed by atoms with Crippen LogP contribution in [0, 0.1) is 11.8 Å². The predicted octanol–water partition coefficient (Wildman–Crippen LogP) is 4.86. The molecule has 0 spiro atoms. The Kier molecular flexibility index (Phi) is 10.4. The van der Waals surface area contributed by atoms with Gasteiger partial charge in [0.15, 0.2) is 0 Å². The first kappa shape index (κ1) is 26.1. The highest BCUT2D eigenvalue weighted by Crippen LogP contribution is 2.36. The smallest absolute Gasteiger partial charge is 0.261 e. The summed E-state index contributed by atoms with van der Waals surface area (Å²) in [4.78, 5) is 11.8. The van der Waals surface area contributed by atoms with Gasteiger partial charge in [-0.2, -0.15) is 0 Å². The lowest BCUT2D eigenvalue weighted by molar-refractivity contribution is -0.113. The highest BCUT2D eigenvalue weighted by atomic mass is 28.4. The quantitative estimate of drug-likeness (QED) is 0.230. The molecule has 2 rings (SSSR count). The molecule has 32 heavy (non-hydrogen) atoms. The molecule has 0 bridgehead atoms. The molecule has 0 heterocycles. The number of carbonyl (C=O) groups is 1. The Balaban J connectivity index is 2.09. The van der Waals surface area contributed by atoms with Gasteiger partial charge in [0, 0.05) is 13.0 Å². The number of hydrogen-bond acceptors (Lipinski definition) is 3. The van der Waals surface area contributed by atoms with Crippen LogP contribution in [0.1, 0.15) is 66.2 Å². The molecule has 0 aliphatic heterocycles. The van der Waals surface area contributed by atoms with Gasteiger partial charge < -0.3 is 9.53 Å². The van der Waals surface area contributed by atoms with Crippen LogP contribution in [0.5, 0.6) is 0 Å². The zero-order chi connectivity index (χ0) is 23.5. The molecule has 2 aromatic rings. The number of Topliss-reactive ketones (excluding diaryl/α,β-unsaturated/α-hetero) is 1. The molecule has 0 fully saturated rings. The largest absolute Gasteiger partial charge is 0.407 e. The van der Waals surface area contributed by atoms with Gasteiger partial charge in [-0.25, -0.2) is 0 Å². The fraction of sp³-hybridized carbons (Fsp3) is 0.464. The molecular formula is C28H38O3Si. The number of ketones is 1. The molecule has 0 radical (unpaired) electrons. The Hall–Kier alpha value is -2.19. The van der Waals surface area contributed by atoms with Crippen molar-refractivity contribution in [2.75, 3.05) is 6.61 Å². The Morgan fingerprint density at radius 2 is 1.53 bits per heavy atom. The van der Waals surface area contributed by atoms with Crippen molar-refractivity contribution in [1.29, 1.82) is 0 Å². The van der Waals surface area contributed by atoms with Gasteiger partial charge in [-0.15, -0.1) is 0 Å². The topological polar surface area (TPSA) is 46.5 Å². The average molecular weight is 451 g/mol. The van der Waals surface area contributed by atoms with Gasteiger partial charge in [0.25, 0.3) is 8.32 Å². The van der Waals surface area contributed by atoms with Crippen molar-refractivity contribution in [1.82, 2.24) is 0 Å². The van der Waals surface area contributed by atoms with Gasteiger partial charge in [0.1, 0.15) is 6.10 Å². The molecule has 1 N–H and O–H groups in total.